The van der Waals surface area contributed by atoms with Gasteiger partial charge in [-0.1, -0.05) is 19.1 Å². The Labute approximate surface area is 159 Å². The van der Waals surface area contributed by atoms with Crippen LogP contribution >= 0.6 is 0 Å². The number of piperidine rings is 1. The summed E-state index contributed by atoms with van der Waals surface area (Å²) in [6.07, 6.45) is 4.78. The highest BCUT2D eigenvalue weighted by molar-refractivity contribution is 5.79. The van der Waals surface area contributed by atoms with Crippen LogP contribution in [0.4, 0.5) is 0 Å². The monoisotopic (exact) mass is 360 g/mol. The quantitative estimate of drug-likeness (QED) is 0.553. The van der Waals surface area contributed by atoms with E-state index in [1.165, 1.54) is 50.0 Å². The molecule has 2 rings (SSSR count). The van der Waals surface area contributed by atoms with Crippen molar-refractivity contribution in [3.63, 3.8) is 0 Å². The number of ether oxygens (including phenoxy) is 1. The molecule has 26 heavy (non-hydrogen) atoms. The van der Waals surface area contributed by atoms with Crippen LogP contribution in [0.1, 0.15) is 37.3 Å². The summed E-state index contributed by atoms with van der Waals surface area (Å²) < 4.78 is 5.40. The molecule has 0 atom stereocenters. The molecule has 0 bridgehead atoms. The fourth-order valence-corrected chi connectivity index (χ4v) is 3.54. The lowest BCUT2D eigenvalue weighted by Crippen LogP contribution is -2.43. The largest absolute Gasteiger partial charge is 0.496 e. The SMILES string of the molecule is CCCN1CCC(CNC(=NC)NCCc2ccc(C)c(OC)c2)CC1. The predicted octanol–water partition coefficient (Wildman–Crippen LogP) is 2.83. The summed E-state index contributed by atoms with van der Waals surface area (Å²) in [5, 5.41) is 6.93. The van der Waals surface area contributed by atoms with Crippen LogP contribution in [0, 0.1) is 12.8 Å². The number of guanidine groups is 1. The Morgan fingerprint density at radius 3 is 2.69 bits per heavy atom. The van der Waals surface area contributed by atoms with E-state index in [0.29, 0.717) is 0 Å². The first-order valence-electron chi connectivity index (χ1n) is 9.96. The number of nitrogens with zero attached hydrogens (tertiary/aromatic N) is 2. The summed E-state index contributed by atoms with van der Waals surface area (Å²) >= 11 is 0. The van der Waals surface area contributed by atoms with Gasteiger partial charge in [-0.15, -0.1) is 0 Å². The molecule has 146 valence electrons. The minimum absolute atomic E-state index is 0.753. The number of aryl methyl sites for hydroxylation is 1. The van der Waals surface area contributed by atoms with Crippen molar-refractivity contribution < 1.29 is 4.74 Å². The summed E-state index contributed by atoms with van der Waals surface area (Å²) in [5.41, 5.74) is 2.45. The number of hydrogen-bond acceptors (Lipinski definition) is 3. The average Bonchev–Trinajstić information content (AvgIpc) is 2.67. The molecule has 0 radical (unpaired) electrons. The smallest absolute Gasteiger partial charge is 0.190 e. The van der Waals surface area contributed by atoms with Gasteiger partial charge >= 0.3 is 0 Å². The molecule has 1 aromatic carbocycles. The molecule has 0 aliphatic carbocycles. The fourth-order valence-electron chi connectivity index (χ4n) is 3.54. The Balaban J connectivity index is 1.68. The normalized spacial score (nSPS) is 16.5. The molecule has 1 aliphatic rings. The summed E-state index contributed by atoms with van der Waals surface area (Å²) in [4.78, 5) is 6.94. The van der Waals surface area contributed by atoms with Gasteiger partial charge in [-0.25, -0.2) is 0 Å². The standard InChI is InChI=1S/C21H36N4O/c1-5-12-25-13-9-19(10-14-25)16-24-21(22-3)23-11-8-18-7-6-17(2)20(15-18)26-4/h6-7,15,19H,5,8-14,16H2,1-4H3,(H2,22,23,24). The maximum atomic E-state index is 5.40. The average molecular weight is 361 g/mol. The van der Waals surface area contributed by atoms with Gasteiger partial charge in [0.2, 0.25) is 0 Å². The van der Waals surface area contributed by atoms with Gasteiger partial charge in [0, 0.05) is 20.1 Å². The van der Waals surface area contributed by atoms with Crippen LogP contribution in [0.5, 0.6) is 5.75 Å². The van der Waals surface area contributed by atoms with Crippen LogP contribution in [-0.2, 0) is 6.42 Å². The van der Waals surface area contributed by atoms with Crippen molar-refractivity contribution in [1.29, 1.82) is 0 Å². The summed E-state index contributed by atoms with van der Waals surface area (Å²) in [5.74, 6) is 2.61. The molecule has 0 spiro atoms. The number of methoxy groups -OCH3 is 1. The highest BCUT2D eigenvalue weighted by Gasteiger charge is 2.18. The van der Waals surface area contributed by atoms with Crippen LogP contribution in [0.3, 0.4) is 0 Å². The number of likely N-dealkylation sites (tertiary alicyclic amines) is 1. The zero-order chi connectivity index (χ0) is 18.8. The lowest BCUT2D eigenvalue weighted by atomic mass is 9.97. The topological polar surface area (TPSA) is 48.9 Å². The molecule has 1 saturated heterocycles. The Kier molecular flexibility index (Phi) is 8.75. The molecule has 0 amide bonds. The summed E-state index contributed by atoms with van der Waals surface area (Å²) in [6.45, 7) is 9.92. The summed E-state index contributed by atoms with van der Waals surface area (Å²) in [6, 6.07) is 6.41. The first kappa shape index (κ1) is 20.6. The molecule has 5 heteroatoms. The van der Waals surface area contributed by atoms with E-state index in [9.17, 15) is 0 Å². The van der Waals surface area contributed by atoms with Crippen molar-refractivity contribution >= 4 is 5.96 Å². The third kappa shape index (κ3) is 6.52. The van der Waals surface area contributed by atoms with Gasteiger partial charge < -0.3 is 20.3 Å². The van der Waals surface area contributed by atoms with Gasteiger partial charge in [-0.2, -0.15) is 0 Å². The minimum Gasteiger partial charge on any atom is -0.496 e. The van der Waals surface area contributed by atoms with Crippen molar-refractivity contribution in [3.8, 4) is 5.75 Å². The Bertz CT molecular complexity index is 565. The number of aliphatic imine (C=N–C) groups is 1. The van der Waals surface area contributed by atoms with Crippen LogP contribution in [-0.4, -0.2) is 57.7 Å². The van der Waals surface area contributed by atoms with E-state index in [1.807, 2.05) is 7.05 Å². The van der Waals surface area contributed by atoms with Crippen molar-refractivity contribution in [1.82, 2.24) is 15.5 Å². The lowest BCUT2D eigenvalue weighted by molar-refractivity contribution is 0.185. The highest BCUT2D eigenvalue weighted by Crippen LogP contribution is 2.19. The van der Waals surface area contributed by atoms with Crippen molar-refractivity contribution in [2.75, 3.05) is 46.9 Å². The Hall–Kier alpha value is -1.75. The van der Waals surface area contributed by atoms with Gasteiger partial charge in [0.05, 0.1) is 7.11 Å². The highest BCUT2D eigenvalue weighted by atomic mass is 16.5. The zero-order valence-corrected chi connectivity index (χ0v) is 17.0. The summed E-state index contributed by atoms with van der Waals surface area (Å²) in [7, 11) is 3.57. The van der Waals surface area contributed by atoms with Crippen LogP contribution in [0.15, 0.2) is 23.2 Å². The van der Waals surface area contributed by atoms with Gasteiger partial charge in [0.1, 0.15) is 5.75 Å². The maximum Gasteiger partial charge on any atom is 0.190 e. The molecule has 2 N–H and O–H groups in total. The Morgan fingerprint density at radius 2 is 2.04 bits per heavy atom. The number of benzene rings is 1. The van der Waals surface area contributed by atoms with Crippen molar-refractivity contribution in [3.05, 3.63) is 29.3 Å². The predicted molar refractivity (Wildman–Crippen MR) is 110 cm³/mol. The zero-order valence-electron chi connectivity index (χ0n) is 17.0. The lowest BCUT2D eigenvalue weighted by Gasteiger charge is -2.32. The molecular formula is C21H36N4O. The van der Waals surface area contributed by atoms with E-state index < -0.39 is 0 Å². The molecule has 1 fully saturated rings. The van der Waals surface area contributed by atoms with Crippen molar-refractivity contribution in [2.45, 2.75) is 39.5 Å². The van der Waals surface area contributed by atoms with E-state index >= 15 is 0 Å². The fraction of sp³-hybridized carbons (Fsp3) is 0.667. The van der Waals surface area contributed by atoms with E-state index in [4.69, 9.17) is 4.74 Å². The molecule has 0 unspecified atom stereocenters. The van der Waals surface area contributed by atoms with E-state index in [2.05, 4.69) is 52.6 Å². The molecular weight excluding hydrogens is 324 g/mol. The molecule has 0 saturated carbocycles. The number of hydrogen-bond donors (Lipinski definition) is 2. The molecule has 1 aliphatic heterocycles. The second kappa shape index (κ2) is 11.1. The molecule has 1 aromatic rings. The van der Waals surface area contributed by atoms with Gasteiger partial charge in [-0.05, 0) is 75.4 Å². The number of nitrogens with one attached hydrogen (secondary N) is 2. The molecule has 0 aromatic heterocycles. The van der Waals surface area contributed by atoms with Crippen LogP contribution in [0.2, 0.25) is 0 Å². The van der Waals surface area contributed by atoms with Crippen LogP contribution < -0.4 is 15.4 Å². The minimum atomic E-state index is 0.753. The first-order valence-corrected chi connectivity index (χ1v) is 9.96. The first-order chi connectivity index (χ1) is 12.7. The number of rotatable bonds is 8. The van der Waals surface area contributed by atoms with E-state index in [-0.39, 0.29) is 0 Å². The third-order valence-electron chi connectivity index (χ3n) is 5.21. The Morgan fingerprint density at radius 1 is 1.27 bits per heavy atom. The van der Waals surface area contributed by atoms with Gasteiger partial charge in [-0.3, -0.25) is 4.99 Å². The third-order valence-corrected chi connectivity index (χ3v) is 5.21. The van der Waals surface area contributed by atoms with Crippen LogP contribution in [0.25, 0.3) is 0 Å². The molecule has 1 heterocycles. The van der Waals surface area contributed by atoms with E-state index in [0.717, 1.165) is 37.1 Å². The second-order valence-corrected chi connectivity index (χ2v) is 7.22. The van der Waals surface area contributed by atoms with Gasteiger partial charge in [0.25, 0.3) is 0 Å². The maximum absolute atomic E-state index is 5.40. The van der Waals surface area contributed by atoms with Gasteiger partial charge in [0.15, 0.2) is 5.96 Å². The van der Waals surface area contributed by atoms with Crippen molar-refractivity contribution in [2.24, 2.45) is 10.9 Å². The van der Waals surface area contributed by atoms with E-state index in [1.54, 1.807) is 7.11 Å². The molecule has 5 nitrogen and oxygen atoms in total. The second-order valence-electron chi connectivity index (χ2n) is 7.22.